The Balaban J connectivity index is 1.59. The molecule has 0 aromatic heterocycles. The van der Waals surface area contributed by atoms with Gasteiger partial charge in [-0.1, -0.05) is 6.07 Å². The lowest BCUT2D eigenvalue weighted by Gasteiger charge is -2.58. The summed E-state index contributed by atoms with van der Waals surface area (Å²) in [6, 6.07) is 2.71. The molecule has 0 bridgehead atoms. The van der Waals surface area contributed by atoms with Gasteiger partial charge in [0.15, 0.2) is 29.8 Å². The molecule has 1 fully saturated rings. The van der Waals surface area contributed by atoms with Crippen LogP contribution in [0.2, 0.25) is 0 Å². The van der Waals surface area contributed by atoms with Crippen LogP contribution in [0.4, 0.5) is 0 Å². The highest BCUT2D eigenvalue weighted by molar-refractivity contribution is 5.91. The maximum atomic E-state index is 13.5. The Labute approximate surface area is 296 Å². The summed E-state index contributed by atoms with van der Waals surface area (Å²) in [6.45, 7) is 5.11. The van der Waals surface area contributed by atoms with Gasteiger partial charge in [-0.05, 0) is 58.5 Å². The molecule has 1 aromatic rings. The van der Waals surface area contributed by atoms with Crippen LogP contribution in [-0.4, -0.2) is 127 Å². The Morgan fingerprint density at radius 1 is 0.981 bits per heavy atom. The zero-order chi connectivity index (χ0) is 38.9. The number of fused-ring (bicyclic) bond motifs is 1. The van der Waals surface area contributed by atoms with Crippen molar-refractivity contribution >= 4 is 41.6 Å². The number of aliphatic hydroxyl groups excluding tert-OH is 1. The van der Waals surface area contributed by atoms with Crippen molar-refractivity contribution in [2.45, 2.75) is 101 Å². The van der Waals surface area contributed by atoms with E-state index in [2.05, 4.69) is 4.74 Å². The van der Waals surface area contributed by atoms with E-state index >= 15 is 0 Å². The van der Waals surface area contributed by atoms with E-state index in [-0.39, 0.29) is 23.7 Å². The Hall–Kier alpha value is -5.07. The Morgan fingerprint density at radius 2 is 1.65 bits per heavy atom. The fraction of sp³-hybridized carbons (Fsp3) is 0.559. The summed E-state index contributed by atoms with van der Waals surface area (Å²) < 4.78 is 21.7. The largest absolute Gasteiger partial charge is 0.504 e. The Morgan fingerprint density at radius 3 is 2.27 bits per heavy atom. The maximum absolute atomic E-state index is 13.5. The zero-order valence-corrected chi connectivity index (χ0v) is 28.8. The molecule has 0 unspecified atom stereocenters. The lowest BCUT2D eigenvalue weighted by molar-refractivity contribution is -0.179. The van der Waals surface area contributed by atoms with Crippen molar-refractivity contribution in [3.8, 4) is 11.5 Å². The maximum Gasteiger partial charge on any atom is 0.348 e. The summed E-state index contributed by atoms with van der Waals surface area (Å²) >= 11 is 0. The molecular weight excluding hydrogens is 694 g/mol. The fourth-order valence-electron chi connectivity index (χ4n) is 7.17. The van der Waals surface area contributed by atoms with Gasteiger partial charge >= 0.3 is 35.8 Å². The molecule has 3 aliphatic rings. The number of phenolic OH excluding ortho intramolecular Hbond substituents is 1. The quantitative estimate of drug-likeness (QED) is 0.104. The molecule has 18 nitrogen and oxygen atoms in total. The van der Waals surface area contributed by atoms with Crippen LogP contribution in [-0.2, 0) is 53.2 Å². The fourth-order valence-corrected chi connectivity index (χ4v) is 7.17. The SMILES string of the molecule is Cc1ccc(O)c2c1[C@]13CCN(C)[C@H](C)[C@]1(O)CC=C(OC(=O)C[C@H](CC(=O)C[C@H](O)C(=O)O)C(=O)O[C@@H](C)C(=O)O[C@H](CC(=O)O)C(=O)O)[C@@H]3O2. The van der Waals surface area contributed by atoms with Crippen molar-refractivity contribution in [1.82, 2.24) is 4.90 Å². The molecule has 284 valence electrons. The minimum absolute atomic E-state index is 0.00854. The molecule has 1 aliphatic carbocycles. The highest BCUT2D eigenvalue weighted by Crippen LogP contribution is 2.62. The number of ether oxygens (including phenoxy) is 4. The second kappa shape index (κ2) is 15.3. The van der Waals surface area contributed by atoms with Crippen molar-refractivity contribution in [2.75, 3.05) is 13.6 Å². The van der Waals surface area contributed by atoms with Crippen LogP contribution in [0.3, 0.4) is 0 Å². The predicted octanol–water partition coefficient (Wildman–Crippen LogP) is 0.189. The lowest BCUT2D eigenvalue weighted by Crippen LogP contribution is -2.71. The summed E-state index contributed by atoms with van der Waals surface area (Å²) in [6.07, 6.45) is -9.23. The van der Waals surface area contributed by atoms with Gasteiger partial charge < -0.3 is 54.5 Å². The first-order valence-corrected chi connectivity index (χ1v) is 16.3. The number of ketones is 1. The molecule has 4 rings (SSSR count). The number of likely N-dealkylation sites (N-methyl/N-ethyl adjacent to an activating group) is 1. The number of carboxylic acids is 3. The molecule has 52 heavy (non-hydrogen) atoms. The van der Waals surface area contributed by atoms with Crippen molar-refractivity contribution < 1.29 is 83.1 Å². The van der Waals surface area contributed by atoms with Gasteiger partial charge in [0.25, 0.3) is 0 Å². The molecular formula is C34H41NO17. The summed E-state index contributed by atoms with van der Waals surface area (Å²) in [4.78, 5) is 87.3. The van der Waals surface area contributed by atoms with E-state index in [0.717, 1.165) is 6.92 Å². The van der Waals surface area contributed by atoms with Crippen molar-refractivity contribution in [3.63, 3.8) is 0 Å². The summed E-state index contributed by atoms with van der Waals surface area (Å²) in [7, 11) is 1.85. The van der Waals surface area contributed by atoms with Gasteiger partial charge in [-0.25, -0.2) is 14.4 Å². The van der Waals surface area contributed by atoms with E-state index in [1.165, 1.54) is 12.1 Å². The number of nitrogens with zero attached hydrogens (tertiary/aromatic N) is 1. The highest BCUT2D eigenvalue weighted by atomic mass is 16.6. The zero-order valence-electron chi connectivity index (χ0n) is 28.8. The van der Waals surface area contributed by atoms with Gasteiger partial charge in [-0.3, -0.25) is 19.2 Å². The van der Waals surface area contributed by atoms with E-state index < -0.39 is 115 Å². The third-order valence-corrected chi connectivity index (χ3v) is 10.0. The third kappa shape index (κ3) is 7.58. The van der Waals surface area contributed by atoms with Gasteiger partial charge in [0.05, 0.1) is 29.8 Å². The van der Waals surface area contributed by atoms with Crippen LogP contribution in [0.25, 0.3) is 0 Å². The number of phenols is 1. The Kier molecular flexibility index (Phi) is 11.7. The van der Waals surface area contributed by atoms with Gasteiger partial charge in [0.1, 0.15) is 11.5 Å². The normalized spacial score (nSPS) is 25.7. The number of aliphatic carboxylic acids is 3. The van der Waals surface area contributed by atoms with Crippen molar-refractivity contribution in [3.05, 3.63) is 35.1 Å². The first-order valence-electron chi connectivity index (χ1n) is 16.3. The molecule has 18 heteroatoms. The molecule has 6 N–H and O–H groups in total. The highest BCUT2D eigenvalue weighted by Gasteiger charge is 2.69. The molecule has 0 amide bonds. The molecule has 0 radical (unpaired) electrons. The predicted molar refractivity (Wildman–Crippen MR) is 171 cm³/mol. The molecule has 1 spiro atoms. The first kappa shape index (κ1) is 39.7. The first-order chi connectivity index (χ1) is 24.2. The molecule has 1 aromatic carbocycles. The smallest absolute Gasteiger partial charge is 0.348 e. The molecule has 2 heterocycles. The van der Waals surface area contributed by atoms with E-state index in [1.807, 2.05) is 18.9 Å². The standard InChI is InChI=1S/C34H41NO17/c1-15-5-6-20(37)27-26(15)33-9-10-35(4)17(3)34(33,48)8-7-22(28(33)52-27)50-25(41)12-18(11-19(36)13-21(38)29(42)43)32(47)49-16(2)31(46)51-23(30(44)45)14-24(39)40/h5-7,16-18,21,23,28,37-38,48H,8-14H2,1-4H3,(H,39,40)(H,42,43)(H,44,45)/t16-,17+,18-,21-,23+,28-,33-,34+/m0/s1. The number of aliphatic hydroxyl groups is 2. The molecule has 2 aliphatic heterocycles. The van der Waals surface area contributed by atoms with Gasteiger partial charge in [0, 0.05) is 30.9 Å². The number of aryl methyl sites for hydroxylation is 1. The number of hydrogen-bond donors (Lipinski definition) is 6. The number of piperidine rings is 1. The van der Waals surface area contributed by atoms with Crippen LogP contribution >= 0.6 is 0 Å². The second-order valence-corrected chi connectivity index (χ2v) is 13.3. The third-order valence-electron chi connectivity index (χ3n) is 10.0. The number of rotatable bonds is 15. The Bertz CT molecular complexity index is 1690. The molecule has 1 saturated heterocycles. The minimum atomic E-state index is -2.13. The summed E-state index contributed by atoms with van der Waals surface area (Å²) in [5, 5.41) is 59.8. The topological polar surface area (TPSA) is 281 Å². The minimum Gasteiger partial charge on any atom is -0.504 e. The second-order valence-electron chi connectivity index (χ2n) is 13.3. The van der Waals surface area contributed by atoms with Gasteiger partial charge in [-0.2, -0.15) is 0 Å². The monoisotopic (exact) mass is 735 g/mol. The number of aromatic hydroxyl groups is 1. The number of benzene rings is 1. The van der Waals surface area contributed by atoms with Crippen LogP contribution in [0.1, 0.15) is 63.5 Å². The van der Waals surface area contributed by atoms with E-state index in [0.29, 0.717) is 24.1 Å². The van der Waals surface area contributed by atoms with Gasteiger partial charge in [-0.15, -0.1) is 0 Å². The average molecular weight is 736 g/mol. The summed E-state index contributed by atoms with van der Waals surface area (Å²) in [5.41, 5.74) is -1.37. The number of carbonyl (C=O) groups is 7. The van der Waals surface area contributed by atoms with Crippen LogP contribution < -0.4 is 4.74 Å². The number of carboxylic acid groups (broad SMARTS) is 3. The van der Waals surface area contributed by atoms with E-state index in [9.17, 15) is 48.9 Å². The van der Waals surface area contributed by atoms with Gasteiger partial charge in [0.2, 0.25) is 6.10 Å². The molecule has 0 saturated carbocycles. The van der Waals surface area contributed by atoms with Crippen molar-refractivity contribution in [2.24, 2.45) is 5.92 Å². The van der Waals surface area contributed by atoms with Crippen LogP contribution in [0.5, 0.6) is 11.5 Å². The average Bonchev–Trinajstić information content (AvgIpc) is 3.43. The van der Waals surface area contributed by atoms with Crippen molar-refractivity contribution in [1.29, 1.82) is 0 Å². The number of likely N-dealkylation sites (tertiary alicyclic amines) is 1. The van der Waals surface area contributed by atoms with Crippen LogP contribution in [0, 0.1) is 12.8 Å². The van der Waals surface area contributed by atoms with E-state index in [1.54, 1.807) is 13.0 Å². The molecule has 8 atom stereocenters. The van der Waals surface area contributed by atoms with E-state index in [4.69, 9.17) is 29.5 Å². The number of esters is 3. The number of carbonyl (C=O) groups excluding carboxylic acids is 4. The van der Waals surface area contributed by atoms with Crippen LogP contribution in [0.15, 0.2) is 24.0 Å². The summed E-state index contributed by atoms with van der Waals surface area (Å²) in [5.74, 6) is -11.9. The lowest BCUT2D eigenvalue weighted by atomic mass is 9.54. The number of hydrogen-bond acceptors (Lipinski definition) is 15. The number of Topliss-reactive ketones (excluding diaryl/α,β-unsaturated/α-hetero) is 1.